The third-order valence-electron chi connectivity index (χ3n) is 4.54. The molecule has 0 saturated heterocycles. The largest absolute Gasteiger partial charge is 0.744 e. The molecule has 2 aromatic heterocycles. The number of aromatic amines is 2. The van der Waals surface area contributed by atoms with Gasteiger partial charge in [-0.1, -0.05) is 24.3 Å². The number of pyridine rings is 2. The summed E-state index contributed by atoms with van der Waals surface area (Å²) in [6, 6.07) is 17.5. The number of carboxylic acids is 2. The Kier molecular flexibility index (Phi) is 13.9. The van der Waals surface area contributed by atoms with Gasteiger partial charge < -0.3 is 30.3 Å². The Morgan fingerprint density at radius 3 is 1.05 bits per heavy atom. The van der Waals surface area contributed by atoms with Crippen molar-refractivity contribution in [1.82, 2.24) is 0 Å². The molecule has 2 heterocycles. The molecule has 8 N–H and O–H groups in total. The second-order valence-electron chi connectivity index (χ2n) is 7.09. The van der Waals surface area contributed by atoms with Crippen molar-refractivity contribution in [3.8, 4) is 11.1 Å². The molecule has 0 aliphatic carbocycles. The molecule has 0 bridgehead atoms. The van der Waals surface area contributed by atoms with Crippen LogP contribution in [-0.4, -0.2) is 59.0 Å². The number of aromatic carboxylic acids is 2. The smallest absolute Gasteiger partial charge is 0.336 e. The number of H-pyrrole nitrogens is 2. The van der Waals surface area contributed by atoms with Gasteiger partial charge in [0.05, 0.1) is 20.9 Å². The maximum absolute atomic E-state index is 10.5. The number of benzene rings is 2. The highest BCUT2D eigenvalue weighted by molar-refractivity contribution is 7.86. The van der Waals surface area contributed by atoms with Gasteiger partial charge in [0, 0.05) is 24.3 Å². The SMILES string of the molecule is O.O.O=C(O)c1ccccc1S(=O)(=O)[O-].O=C(O)c1ccccc1S(=O)(=O)[O-].c1cc(-c2cc[nH+]cc2)cc[nH+]1. The number of hydrogen-bond donors (Lipinski definition) is 2. The van der Waals surface area contributed by atoms with Crippen molar-refractivity contribution >= 4 is 32.2 Å². The highest BCUT2D eigenvalue weighted by Crippen LogP contribution is 2.16. The summed E-state index contributed by atoms with van der Waals surface area (Å²) < 4.78 is 63.2. The molecule has 14 nitrogen and oxygen atoms in total. The van der Waals surface area contributed by atoms with Gasteiger partial charge in [-0.2, -0.15) is 0 Å². The predicted molar refractivity (Wildman–Crippen MR) is 135 cm³/mol. The van der Waals surface area contributed by atoms with Gasteiger partial charge in [-0.15, -0.1) is 0 Å². The van der Waals surface area contributed by atoms with Crippen molar-refractivity contribution in [1.29, 1.82) is 0 Å². The fourth-order valence-corrected chi connectivity index (χ4v) is 4.22. The van der Waals surface area contributed by atoms with E-state index in [1.165, 1.54) is 35.4 Å². The zero-order valence-electron chi connectivity index (χ0n) is 20.2. The lowest BCUT2D eigenvalue weighted by Gasteiger charge is -2.08. The second-order valence-corrected chi connectivity index (χ2v) is 9.78. The molecule has 0 atom stereocenters. The van der Waals surface area contributed by atoms with E-state index in [1.807, 2.05) is 24.8 Å². The van der Waals surface area contributed by atoms with Gasteiger partial charge in [0.25, 0.3) is 0 Å². The van der Waals surface area contributed by atoms with E-state index in [4.69, 9.17) is 10.2 Å². The monoisotopic (exact) mass is 596 g/mol. The number of rotatable bonds is 5. The van der Waals surface area contributed by atoms with Gasteiger partial charge in [0.2, 0.25) is 0 Å². The fourth-order valence-electron chi connectivity index (χ4n) is 2.88. The topological polar surface area (TPSA) is 280 Å². The fraction of sp³-hybridized carbons (Fsp3) is 0. The highest BCUT2D eigenvalue weighted by Gasteiger charge is 2.14. The molecule has 214 valence electrons. The van der Waals surface area contributed by atoms with Gasteiger partial charge >= 0.3 is 11.9 Å². The van der Waals surface area contributed by atoms with Crippen LogP contribution in [0.25, 0.3) is 11.1 Å². The van der Waals surface area contributed by atoms with Gasteiger partial charge in [0.15, 0.2) is 24.8 Å². The maximum Gasteiger partial charge on any atom is 0.336 e. The summed E-state index contributed by atoms with van der Waals surface area (Å²) in [5, 5.41) is 17.1. The summed E-state index contributed by atoms with van der Waals surface area (Å²) in [5.74, 6) is -2.87. The van der Waals surface area contributed by atoms with E-state index >= 15 is 0 Å². The van der Waals surface area contributed by atoms with Crippen LogP contribution in [0.1, 0.15) is 20.7 Å². The number of carbonyl (C=O) groups is 2. The quantitative estimate of drug-likeness (QED) is 0.289. The predicted octanol–water partition coefficient (Wildman–Crippen LogP) is -0.0898. The van der Waals surface area contributed by atoms with E-state index < -0.39 is 53.1 Å². The summed E-state index contributed by atoms with van der Waals surface area (Å²) >= 11 is 0. The van der Waals surface area contributed by atoms with Crippen molar-refractivity contribution in [2.24, 2.45) is 0 Å². The normalized spacial score (nSPS) is 10.2. The van der Waals surface area contributed by atoms with Crippen LogP contribution in [0.15, 0.2) is 107 Å². The summed E-state index contributed by atoms with van der Waals surface area (Å²) in [6.07, 6.45) is 7.69. The Bertz CT molecular complexity index is 1490. The summed E-state index contributed by atoms with van der Waals surface area (Å²) in [4.78, 5) is 25.5. The van der Waals surface area contributed by atoms with Gasteiger partial charge in [-0.05, 0) is 35.4 Å². The van der Waals surface area contributed by atoms with Gasteiger partial charge in [-0.25, -0.2) is 36.4 Å². The van der Waals surface area contributed by atoms with Crippen LogP contribution in [0, 0.1) is 0 Å². The van der Waals surface area contributed by atoms with Crippen molar-refractivity contribution in [2.75, 3.05) is 0 Å². The number of carboxylic acid groups (broad SMARTS) is 2. The Morgan fingerprint density at radius 2 is 0.825 bits per heavy atom. The van der Waals surface area contributed by atoms with Crippen molar-refractivity contribution in [3.63, 3.8) is 0 Å². The first-order valence-electron chi connectivity index (χ1n) is 10.3. The van der Waals surface area contributed by atoms with Crippen LogP contribution < -0.4 is 9.97 Å². The second kappa shape index (κ2) is 15.7. The third kappa shape index (κ3) is 10.7. The summed E-state index contributed by atoms with van der Waals surface area (Å²) in [5.41, 5.74) is 1.44. The van der Waals surface area contributed by atoms with Crippen LogP contribution in [0.3, 0.4) is 0 Å². The molecule has 0 aliphatic rings. The third-order valence-corrected chi connectivity index (χ3v) is 6.33. The zero-order chi connectivity index (χ0) is 28.3. The van der Waals surface area contributed by atoms with Crippen LogP contribution in [0.4, 0.5) is 0 Å². The van der Waals surface area contributed by atoms with E-state index in [-0.39, 0.29) is 11.0 Å². The molecule has 0 radical (unpaired) electrons. The molecular formula is C24H24N2O12S2. The van der Waals surface area contributed by atoms with Gasteiger partial charge in [0.1, 0.15) is 20.2 Å². The molecule has 0 spiro atoms. The molecule has 40 heavy (non-hydrogen) atoms. The van der Waals surface area contributed by atoms with Crippen LogP contribution in [-0.2, 0) is 20.2 Å². The molecule has 0 aliphatic heterocycles. The van der Waals surface area contributed by atoms with Crippen molar-refractivity contribution < 1.29 is 66.7 Å². The molecular weight excluding hydrogens is 572 g/mol. The number of hydrogen-bond acceptors (Lipinski definition) is 8. The molecule has 2 aromatic carbocycles. The number of nitrogens with one attached hydrogen (secondary N) is 2. The highest BCUT2D eigenvalue weighted by atomic mass is 32.2. The minimum atomic E-state index is -4.71. The van der Waals surface area contributed by atoms with E-state index in [2.05, 4.69) is 34.2 Å². The Balaban J connectivity index is 0.000000557. The average Bonchev–Trinajstić information content (AvgIpc) is 2.89. The van der Waals surface area contributed by atoms with E-state index in [1.54, 1.807) is 0 Å². The molecule has 4 aromatic rings. The molecule has 0 saturated carbocycles. The van der Waals surface area contributed by atoms with E-state index in [0.29, 0.717) is 0 Å². The lowest BCUT2D eigenvalue weighted by Crippen LogP contribution is -2.07. The first-order chi connectivity index (χ1) is 17.8. The molecule has 0 unspecified atom stereocenters. The molecule has 4 rings (SSSR count). The summed E-state index contributed by atoms with van der Waals surface area (Å²) in [7, 11) is -9.42. The zero-order valence-corrected chi connectivity index (χ0v) is 21.8. The van der Waals surface area contributed by atoms with Crippen LogP contribution in [0.5, 0.6) is 0 Å². The maximum atomic E-state index is 10.5. The van der Waals surface area contributed by atoms with Crippen LogP contribution >= 0.6 is 0 Å². The van der Waals surface area contributed by atoms with E-state index in [9.17, 15) is 35.5 Å². The standard InChI is InChI=1S/C10H8N2.2C7H6O5S.2H2O/c1-5-11-6-2-9(1)10-3-7-12-8-4-10;2*8-7(9)5-3-1-2-4-6(5)13(10,11)12;;/h1-8H;2*1-4H,(H,8,9)(H,10,11,12);2*1H2. The molecule has 16 heteroatoms. The minimum Gasteiger partial charge on any atom is -0.744 e. The Hall–Kier alpha value is -4.58. The van der Waals surface area contributed by atoms with Crippen molar-refractivity contribution in [3.05, 3.63) is 109 Å². The lowest BCUT2D eigenvalue weighted by molar-refractivity contribution is -0.378. The van der Waals surface area contributed by atoms with E-state index in [0.717, 1.165) is 24.3 Å². The van der Waals surface area contributed by atoms with Gasteiger partial charge in [-0.3, -0.25) is 0 Å². The first kappa shape index (κ1) is 35.4. The summed E-state index contributed by atoms with van der Waals surface area (Å²) in [6.45, 7) is 0. The lowest BCUT2D eigenvalue weighted by atomic mass is 10.1. The Morgan fingerprint density at radius 1 is 0.550 bits per heavy atom. The average molecular weight is 597 g/mol. The Labute approximate surface area is 228 Å². The minimum absolute atomic E-state index is 0. The number of aromatic nitrogens is 2. The molecule has 0 fully saturated rings. The first-order valence-corrected chi connectivity index (χ1v) is 13.1. The molecule has 0 amide bonds. The van der Waals surface area contributed by atoms with Crippen LogP contribution in [0.2, 0.25) is 0 Å². The van der Waals surface area contributed by atoms with Crippen molar-refractivity contribution in [2.45, 2.75) is 9.79 Å².